The number of hydrogen-bond donors (Lipinski definition) is 3. The van der Waals surface area contributed by atoms with Crippen molar-refractivity contribution < 1.29 is 14.7 Å². The Bertz CT molecular complexity index is 731. The van der Waals surface area contributed by atoms with Crippen LogP contribution in [0, 0.1) is 0 Å². The zero-order valence-electron chi connectivity index (χ0n) is 12.4. The molecule has 1 fully saturated rings. The lowest BCUT2D eigenvalue weighted by Crippen LogP contribution is -2.49. The molecule has 2 aromatic rings. The van der Waals surface area contributed by atoms with Gasteiger partial charge in [0, 0.05) is 31.0 Å². The summed E-state index contributed by atoms with van der Waals surface area (Å²) in [5.74, 6) is -1.45. The van der Waals surface area contributed by atoms with Crippen molar-refractivity contribution in [1.29, 1.82) is 0 Å². The summed E-state index contributed by atoms with van der Waals surface area (Å²) in [6, 6.07) is 7.44. The van der Waals surface area contributed by atoms with Gasteiger partial charge in [-0.25, -0.2) is 0 Å². The number of aliphatic hydroxyl groups is 1. The monoisotopic (exact) mass is 301 g/mol. The summed E-state index contributed by atoms with van der Waals surface area (Å²) in [5, 5.41) is 16.0. The molecule has 0 radical (unpaired) electrons. The van der Waals surface area contributed by atoms with Crippen LogP contribution in [0.1, 0.15) is 19.3 Å². The number of amides is 2. The summed E-state index contributed by atoms with van der Waals surface area (Å²) in [4.78, 5) is 23.7. The number of aryl methyl sites for hydroxylation is 1. The molecule has 6 nitrogen and oxygen atoms in total. The number of fused-ring (bicyclic) bond motifs is 1. The lowest BCUT2D eigenvalue weighted by atomic mass is 9.80. The molecule has 1 aliphatic rings. The molecule has 116 valence electrons. The molecule has 1 aliphatic carbocycles. The number of benzene rings is 1. The molecule has 0 atom stereocenters. The van der Waals surface area contributed by atoms with Crippen molar-refractivity contribution in [3.8, 4) is 0 Å². The molecule has 0 bridgehead atoms. The zero-order valence-corrected chi connectivity index (χ0v) is 12.4. The van der Waals surface area contributed by atoms with Crippen LogP contribution in [0.15, 0.2) is 30.5 Å². The second-order valence-electron chi connectivity index (χ2n) is 5.91. The predicted molar refractivity (Wildman–Crippen MR) is 83.4 cm³/mol. The van der Waals surface area contributed by atoms with E-state index in [2.05, 4.69) is 10.6 Å². The summed E-state index contributed by atoms with van der Waals surface area (Å²) in [7, 11) is 1.92. The molecule has 0 unspecified atom stereocenters. The van der Waals surface area contributed by atoms with Crippen LogP contribution in [-0.2, 0) is 16.6 Å². The highest BCUT2D eigenvalue weighted by atomic mass is 16.3. The Morgan fingerprint density at radius 2 is 2.05 bits per heavy atom. The van der Waals surface area contributed by atoms with Gasteiger partial charge >= 0.3 is 11.8 Å². The largest absolute Gasteiger partial charge is 0.388 e. The van der Waals surface area contributed by atoms with Crippen LogP contribution in [0.4, 0.5) is 5.69 Å². The van der Waals surface area contributed by atoms with Crippen LogP contribution in [-0.4, -0.2) is 33.6 Å². The van der Waals surface area contributed by atoms with Gasteiger partial charge in [0.15, 0.2) is 0 Å². The van der Waals surface area contributed by atoms with E-state index < -0.39 is 17.4 Å². The first-order valence-electron chi connectivity index (χ1n) is 7.34. The number of nitrogens with zero attached hydrogens (tertiary/aromatic N) is 1. The van der Waals surface area contributed by atoms with E-state index in [-0.39, 0.29) is 6.54 Å². The molecule has 22 heavy (non-hydrogen) atoms. The number of aromatic nitrogens is 1. The van der Waals surface area contributed by atoms with Gasteiger partial charge in [0.05, 0.1) is 5.60 Å². The standard InChI is InChI=1S/C16H19N3O3/c1-19-8-5-11-3-4-12(9-13(11)19)18-15(21)14(20)17-10-16(22)6-2-7-16/h3-5,8-9,22H,2,6-7,10H2,1H3,(H,17,20)(H,18,21). The van der Waals surface area contributed by atoms with Crippen LogP contribution in [0.25, 0.3) is 10.9 Å². The van der Waals surface area contributed by atoms with Gasteiger partial charge in [0.25, 0.3) is 0 Å². The van der Waals surface area contributed by atoms with Crippen LogP contribution in [0.2, 0.25) is 0 Å². The Labute approximate surface area is 128 Å². The second-order valence-corrected chi connectivity index (χ2v) is 5.91. The van der Waals surface area contributed by atoms with Gasteiger partial charge in [0.1, 0.15) is 0 Å². The van der Waals surface area contributed by atoms with Gasteiger partial charge in [-0.2, -0.15) is 0 Å². The average Bonchev–Trinajstić information content (AvgIpc) is 2.84. The van der Waals surface area contributed by atoms with Crippen molar-refractivity contribution in [2.75, 3.05) is 11.9 Å². The third-order valence-corrected chi connectivity index (χ3v) is 4.21. The van der Waals surface area contributed by atoms with Gasteiger partial charge in [-0.15, -0.1) is 0 Å². The summed E-state index contributed by atoms with van der Waals surface area (Å²) in [6.07, 6.45) is 4.22. The van der Waals surface area contributed by atoms with Crippen molar-refractivity contribution >= 4 is 28.4 Å². The summed E-state index contributed by atoms with van der Waals surface area (Å²) in [5.41, 5.74) is 0.705. The first-order chi connectivity index (χ1) is 10.5. The molecule has 6 heteroatoms. The third kappa shape index (κ3) is 2.82. The number of carbonyl (C=O) groups excluding carboxylic acids is 2. The fourth-order valence-electron chi connectivity index (χ4n) is 2.61. The minimum absolute atomic E-state index is 0.121. The zero-order chi connectivity index (χ0) is 15.7. The van der Waals surface area contributed by atoms with Gasteiger partial charge in [0.2, 0.25) is 0 Å². The van der Waals surface area contributed by atoms with E-state index in [1.165, 1.54) is 0 Å². The van der Waals surface area contributed by atoms with Crippen LogP contribution < -0.4 is 10.6 Å². The molecule has 3 rings (SSSR count). The molecule has 2 amide bonds. The van der Waals surface area contributed by atoms with Crippen LogP contribution in [0.5, 0.6) is 0 Å². The van der Waals surface area contributed by atoms with Crippen LogP contribution in [0.3, 0.4) is 0 Å². The predicted octanol–water partition coefficient (Wildman–Crippen LogP) is 1.15. The van der Waals surface area contributed by atoms with E-state index >= 15 is 0 Å². The highest BCUT2D eigenvalue weighted by molar-refractivity contribution is 6.39. The number of nitrogens with one attached hydrogen (secondary N) is 2. The Balaban J connectivity index is 1.61. The quantitative estimate of drug-likeness (QED) is 0.744. The minimum Gasteiger partial charge on any atom is -0.388 e. The van der Waals surface area contributed by atoms with Crippen molar-refractivity contribution in [3.05, 3.63) is 30.5 Å². The SMILES string of the molecule is Cn1ccc2ccc(NC(=O)C(=O)NCC3(O)CCC3)cc21. The molecule has 0 aliphatic heterocycles. The van der Waals surface area contributed by atoms with Gasteiger partial charge in [-0.3, -0.25) is 9.59 Å². The van der Waals surface area contributed by atoms with E-state index in [1.54, 1.807) is 6.07 Å². The number of anilines is 1. The Morgan fingerprint density at radius 1 is 1.27 bits per heavy atom. The minimum atomic E-state index is -0.835. The first kappa shape index (κ1) is 14.6. The van der Waals surface area contributed by atoms with Gasteiger partial charge < -0.3 is 20.3 Å². The molecule has 1 aromatic carbocycles. The molecule has 1 aromatic heterocycles. The maximum atomic E-state index is 11.9. The number of rotatable bonds is 3. The maximum absolute atomic E-state index is 11.9. The van der Waals surface area contributed by atoms with Crippen molar-refractivity contribution in [1.82, 2.24) is 9.88 Å². The van der Waals surface area contributed by atoms with Gasteiger partial charge in [-0.1, -0.05) is 6.07 Å². The Morgan fingerprint density at radius 3 is 2.73 bits per heavy atom. The maximum Gasteiger partial charge on any atom is 0.313 e. The molecule has 1 saturated carbocycles. The van der Waals surface area contributed by atoms with Crippen molar-refractivity contribution in [3.63, 3.8) is 0 Å². The number of carbonyl (C=O) groups is 2. The average molecular weight is 301 g/mol. The van der Waals surface area contributed by atoms with E-state index in [0.29, 0.717) is 18.5 Å². The Hall–Kier alpha value is -2.34. The molecular weight excluding hydrogens is 282 g/mol. The highest BCUT2D eigenvalue weighted by Crippen LogP contribution is 2.30. The third-order valence-electron chi connectivity index (χ3n) is 4.21. The number of hydrogen-bond acceptors (Lipinski definition) is 3. The fraction of sp³-hybridized carbons (Fsp3) is 0.375. The topological polar surface area (TPSA) is 83.4 Å². The molecule has 0 saturated heterocycles. The summed E-state index contributed by atoms with van der Waals surface area (Å²) in [6.45, 7) is 0.121. The van der Waals surface area contributed by atoms with Gasteiger partial charge in [-0.05, 0) is 42.8 Å². The molecule has 1 heterocycles. The Kier molecular flexibility index (Phi) is 3.62. The fourth-order valence-corrected chi connectivity index (χ4v) is 2.61. The normalized spacial score (nSPS) is 16.1. The van der Waals surface area contributed by atoms with Crippen molar-refractivity contribution in [2.45, 2.75) is 24.9 Å². The molecule has 0 spiro atoms. The molecule has 3 N–H and O–H groups in total. The van der Waals surface area contributed by atoms with Crippen molar-refractivity contribution in [2.24, 2.45) is 7.05 Å². The summed E-state index contributed by atoms with van der Waals surface area (Å²) >= 11 is 0. The van der Waals surface area contributed by atoms with E-state index in [1.807, 2.05) is 36.0 Å². The highest BCUT2D eigenvalue weighted by Gasteiger charge is 2.35. The second kappa shape index (κ2) is 5.46. The van der Waals surface area contributed by atoms with E-state index in [0.717, 1.165) is 17.3 Å². The molecular formula is C16H19N3O3. The first-order valence-corrected chi connectivity index (χ1v) is 7.34. The van der Waals surface area contributed by atoms with Crippen LogP contribution >= 0.6 is 0 Å². The smallest absolute Gasteiger partial charge is 0.313 e. The lowest BCUT2D eigenvalue weighted by Gasteiger charge is -2.36. The van der Waals surface area contributed by atoms with E-state index in [9.17, 15) is 14.7 Å². The van der Waals surface area contributed by atoms with E-state index in [4.69, 9.17) is 0 Å². The lowest BCUT2D eigenvalue weighted by molar-refractivity contribution is -0.137. The summed E-state index contributed by atoms with van der Waals surface area (Å²) < 4.78 is 1.94.